The molecule has 0 spiro atoms. The molecular formula is C12H19ClN2. The maximum Gasteiger partial charge on any atom is 0.0375 e. The molecule has 1 aromatic heterocycles. The van der Waals surface area contributed by atoms with E-state index in [0.29, 0.717) is 0 Å². The van der Waals surface area contributed by atoms with E-state index in [1.54, 1.807) is 0 Å². The van der Waals surface area contributed by atoms with E-state index in [9.17, 15) is 0 Å². The van der Waals surface area contributed by atoms with Crippen molar-refractivity contribution in [2.45, 2.75) is 26.2 Å². The van der Waals surface area contributed by atoms with Crippen LogP contribution in [0.25, 0.3) is 0 Å². The maximum atomic E-state index is 4.22. The predicted molar refractivity (Wildman–Crippen MR) is 65.5 cm³/mol. The molecule has 1 aliphatic rings. The monoisotopic (exact) mass is 226 g/mol. The molecule has 1 N–H and O–H groups in total. The number of piperidine rings is 1. The summed E-state index contributed by atoms with van der Waals surface area (Å²) in [6.45, 7) is 4.44. The van der Waals surface area contributed by atoms with E-state index >= 15 is 0 Å². The van der Waals surface area contributed by atoms with Crippen LogP contribution in [0.2, 0.25) is 0 Å². The Hall–Kier alpha value is -0.600. The Morgan fingerprint density at radius 1 is 1.40 bits per heavy atom. The standard InChI is InChI=1S/C12H18N2.ClH/c1-10-8-12(4-7-14-10)9-11-2-5-13-6-3-11;/h4,7-8,11,13H,2-3,5-6,9H2,1H3;1H. The van der Waals surface area contributed by atoms with E-state index in [1.807, 2.05) is 6.20 Å². The van der Waals surface area contributed by atoms with Crippen molar-refractivity contribution >= 4 is 12.4 Å². The van der Waals surface area contributed by atoms with Gasteiger partial charge in [-0.15, -0.1) is 12.4 Å². The number of nitrogens with one attached hydrogen (secondary N) is 1. The van der Waals surface area contributed by atoms with Gasteiger partial charge in [0.05, 0.1) is 0 Å². The van der Waals surface area contributed by atoms with Crippen molar-refractivity contribution in [3.8, 4) is 0 Å². The van der Waals surface area contributed by atoms with Crippen molar-refractivity contribution < 1.29 is 0 Å². The lowest BCUT2D eigenvalue weighted by atomic mass is 9.91. The molecule has 0 unspecified atom stereocenters. The highest BCUT2D eigenvalue weighted by Gasteiger charge is 2.13. The fourth-order valence-electron chi connectivity index (χ4n) is 2.15. The van der Waals surface area contributed by atoms with E-state index in [1.165, 1.54) is 37.9 Å². The van der Waals surface area contributed by atoms with Crippen LogP contribution in [-0.4, -0.2) is 18.1 Å². The molecule has 2 nitrogen and oxygen atoms in total. The minimum atomic E-state index is 0. The Morgan fingerprint density at radius 2 is 2.13 bits per heavy atom. The second kappa shape index (κ2) is 6.09. The third-order valence-corrected chi connectivity index (χ3v) is 2.94. The van der Waals surface area contributed by atoms with Gasteiger partial charge in [-0.2, -0.15) is 0 Å². The Labute approximate surface area is 97.9 Å². The Morgan fingerprint density at radius 3 is 2.80 bits per heavy atom. The zero-order valence-corrected chi connectivity index (χ0v) is 10.0. The largest absolute Gasteiger partial charge is 0.317 e. The topological polar surface area (TPSA) is 24.9 Å². The number of rotatable bonds is 2. The van der Waals surface area contributed by atoms with Gasteiger partial charge in [0.15, 0.2) is 0 Å². The lowest BCUT2D eigenvalue weighted by Crippen LogP contribution is -2.28. The molecule has 1 fully saturated rings. The third kappa shape index (κ3) is 3.80. The predicted octanol–water partition coefficient (Wildman–Crippen LogP) is 2.35. The lowest BCUT2D eigenvalue weighted by molar-refractivity contribution is 0.372. The second-order valence-corrected chi connectivity index (χ2v) is 4.20. The first-order chi connectivity index (χ1) is 6.84. The van der Waals surface area contributed by atoms with Gasteiger partial charge >= 0.3 is 0 Å². The molecule has 1 saturated heterocycles. The SMILES string of the molecule is Cc1cc(CC2CCNCC2)ccn1.Cl. The minimum absolute atomic E-state index is 0. The summed E-state index contributed by atoms with van der Waals surface area (Å²) in [5.74, 6) is 0.873. The molecule has 15 heavy (non-hydrogen) atoms. The molecule has 84 valence electrons. The van der Waals surface area contributed by atoms with Crippen molar-refractivity contribution in [1.82, 2.24) is 10.3 Å². The van der Waals surface area contributed by atoms with Crippen molar-refractivity contribution in [2.75, 3.05) is 13.1 Å². The van der Waals surface area contributed by atoms with Gasteiger partial charge in [-0.05, 0) is 62.9 Å². The molecule has 2 rings (SSSR count). The molecule has 1 aliphatic heterocycles. The molecule has 0 atom stereocenters. The minimum Gasteiger partial charge on any atom is -0.317 e. The summed E-state index contributed by atoms with van der Waals surface area (Å²) in [5.41, 5.74) is 2.58. The van der Waals surface area contributed by atoms with Crippen molar-refractivity contribution in [1.29, 1.82) is 0 Å². The van der Waals surface area contributed by atoms with Crippen LogP contribution in [-0.2, 0) is 6.42 Å². The third-order valence-electron chi connectivity index (χ3n) is 2.94. The molecular weight excluding hydrogens is 208 g/mol. The molecule has 3 heteroatoms. The van der Waals surface area contributed by atoms with Gasteiger partial charge in [0.2, 0.25) is 0 Å². The van der Waals surface area contributed by atoms with Gasteiger partial charge in [0.25, 0.3) is 0 Å². The zero-order valence-electron chi connectivity index (χ0n) is 9.20. The van der Waals surface area contributed by atoms with E-state index in [0.717, 1.165) is 11.6 Å². The first-order valence-corrected chi connectivity index (χ1v) is 5.47. The van der Waals surface area contributed by atoms with E-state index < -0.39 is 0 Å². The summed E-state index contributed by atoms with van der Waals surface area (Å²) in [5, 5.41) is 3.40. The van der Waals surface area contributed by atoms with Crippen LogP contribution in [0.4, 0.5) is 0 Å². The summed E-state index contributed by atoms with van der Waals surface area (Å²) in [4.78, 5) is 4.22. The van der Waals surface area contributed by atoms with Crippen molar-refractivity contribution in [3.05, 3.63) is 29.6 Å². The number of aromatic nitrogens is 1. The van der Waals surface area contributed by atoms with Gasteiger partial charge in [-0.3, -0.25) is 4.98 Å². The van der Waals surface area contributed by atoms with Crippen LogP contribution in [0.5, 0.6) is 0 Å². The van der Waals surface area contributed by atoms with Crippen LogP contribution >= 0.6 is 12.4 Å². The lowest BCUT2D eigenvalue weighted by Gasteiger charge is -2.22. The molecule has 2 heterocycles. The fourth-order valence-corrected chi connectivity index (χ4v) is 2.15. The summed E-state index contributed by atoms with van der Waals surface area (Å²) >= 11 is 0. The van der Waals surface area contributed by atoms with Gasteiger partial charge in [-0.25, -0.2) is 0 Å². The molecule has 0 bridgehead atoms. The number of halogens is 1. The molecule has 0 radical (unpaired) electrons. The van der Waals surface area contributed by atoms with Crippen LogP contribution in [0, 0.1) is 12.8 Å². The highest BCUT2D eigenvalue weighted by molar-refractivity contribution is 5.85. The summed E-state index contributed by atoms with van der Waals surface area (Å²) in [6.07, 6.45) is 5.79. The van der Waals surface area contributed by atoms with Crippen LogP contribution < -0.4 is 5.32 Å². The average molecular weight is 227 g/mol. The second-order valence-electron chi connectivity index (χ2n) is 4.20. The highest BCUT2D eigenvalue weighted by Crippen LogP contribution is 2.17. The highest BCUT2D eigenvalue weighted by atomic mass is 35.5. The first-order valence-electron chi connectivity index (χ1n) is 5.47. The maximum absolute atomic E-state index is 4.22. The molecule has 0 aromatic carbocycles. The van der Waals surface area contributed by atoms with E-state index in [4.69, 9.17) is 0 Å². The van der Waals surface area contributed by atoms with Crippen LogP contribution in [0.1, 0.15) is 24.1 Å². The number of hydrogen-bond donors (Lipinski definition) is 1. The number of aryl methyl sites for hydroxylation is 1. The first kappa shape index (κ1) is 12.5. The number of nitrogens with zero attached hydrogens (tertiary/aromatic N) is 1. The molecule has 0 aliphatic carbocycles. The van der Waals surface area contributed by atoms with Crippen LogP contribution in [0.3, 0.4) is 0 Å². The summed E-state index contributed by atoms with van der Waals surface area (Å²) in [7, 11) is 0. The summed E-state index contributed by atoms with van der Waals surface area (Å²) in [6, 6.07) is 4.36. The Bertz CT molecular complexity index is 295. The molecule has 0 amide bonds. The Balaban J connectivity index is 0.00000112. The number of hydrogen-bond acceptors (Lipinski definition) is 2. The zero-order chi connectivity index (χ0) is 9.80. The molecule has 0 saturated carbocycles. The Kier molecular flexibility index (Phi) is 5.06. The van der Waals surface area contributed by atoms with E-state index in [-0.39, 0.29) is 12.4 Å². The van der Waals surface area contributed by atoms with Gasteiger partial charge in [0, 0.05) is 11.9 Å². The molecule has 1 aromatic rings. The quantitative estimate of drug-likeness (QED) is 0.838. The van der Waals surface area contributed by atoms with Gasteiger partial charge < -0.3 is 5.32 Å². The summed E-state index contributed by atoms with van der Waals surface area (Å²) < 4.78 is 0. The van der Waals surface area contributed by atoms with Crippen molar-refractivity contribution in [3.63, 3.8) is 0 Å². The van der Waals surface area contributed by atoms with Crippen LogP contribution in [0.15, 0.2) is 18.3 Å². The van der Waals surface area contributed by atoms with Gasteiger partial charge in [0.1, 0.15) is 0 Å². The number of pyridine rings is 1. The van der Waals surface area contributed by atoms with E-state index in [2.05, 4.69) is 29.4 Å². The fraction of sp³-hybridized carbons (Fsp3) is 0.583. The average Bonchev–Trinajstić information content (AvgIpc) is 2.19. The van der Waals surface area contributed by atoms with Crippen molar-refractivity contribution in [2.24, 2.45) is 5.92 Å². The van der Waals surface area contributed by atoms with Gasteiger partial charge in [-0.1, -0.05) is 0 Å². The normalized spacial score (nSPS) is 17.1. The smallest absolute Gasteiger partial charge is 0.0375 e.